The van der Waals surface area contributed by atoms with E-state index < -0.39 is 11.2 Å². The van der Waals surface area contributed by atoms with Gasteiger partial charge in [-0.3, -0.25) is 24.0 Å². The molecule has 0 radical (unpaired) electrons. The van der Waals surface area contributed by atoms with Crippen molar-refractivity contribution >= 4 is 28.7 Å². The summed E-state index contributed by atoms with van der Waals surface area (Å²) in [5.74, 6) is 0.117. The van der Waals surface area contributed by atoms with Gasteiger partial charge in [0.15, 0.2) is 5.69 Å². The Bertz CT molecular complexity index is 910. The van der Waals surface area contributed by atoms with Crippen molar-refractivity contribution in [3.63, 3.8) is 0 Å². The third-order valence-corrected chi connectivity index (χ3v) is 5.33. The number of nitrogen functional groups attached to an aromatic ring is 1. The Morgan fingerprint density at radius 3 is 2.59 bits per heavy atom. The SMILES string of the molecule is CCCCn1c(N)c(N(CCC(C)C)C(=O)c2ccc(C)s2)c(=O)[nH]c1=O. The zero-order valence-corrected chi connectivity index (χ0v) is 17.2. The summed E-state index contributed by atoms with van der Waals surface area (Å²) >= 11 is 1.37. The van der Waals surface area contributed by atoms with Crippen LogP contribution in [-0.4, -0.2) is 22.0 Å². The van der Waals surface area contributed by atoms with Gasteiger partial charge in [0.2, 0.25) is 0 Å². The first-order valence-electron chi connectivity index (χ1n) is 9.27. The Balaban J connectivity index is 2.56. The molecule has 0 saturated heterocycles. The monoisotopic (exact) mass is 392 g/mol. The van der Waals surface area contributed by atoms with Crippen LogP contribution in [0.25, 0.3) is 0 Å². The summed E-state index contributed by atoms with van der Waals surface area (Å²) in [5.41, 5.74) is 5.09. The van der Waals surface area contributed by atoms with E-state index in [9.17, 15) is 14.4 Å². The van der Waals surface area contributed by atoms with E-state index >= 15 is 0 Å². The number of nitrogens with zero attached hydrogens (tertiary/aromatic N) is 2. The maximum Gasteiger partial charge on any atom is 0.330 e. The second-order valence-electron chi connectivity index (χ2n) is 7.05. The summed E-state index contributed by atoms with van der Waals surface area (Å²) in [4.78, 5) is 43.2. The molecule has 0 bridgehead atoms. The molecule has 148 valence electrons. The number of nitrogens with one attached hydrogen (secondary N) is 1. The Hall–Kier alpha value is -2.35. The van der Waals surface area contributed by atoms with Crippen molar-refractivity contribution < 1.29 is 4.79 Å². The summed E-state index contributed by atoms with van der Waals surface area (Å²) in [6.45, 7) is 8.78. The lowest BCUT2D eigenvalue weighted by Gasteiger charge is -2.25. The number of hydrogen-bond acceptors (Lipinski definition) is 5. The number of carbonyl (C=O) groups excluding carboxylic acids is 1. The molecule has 2 heterocycles. The zero-order valence-electron chi connectivity index (χ0n) is 16.4. The van der Waals surface area contributed by atoms with Crippen LogP contribution in [-0.2, 0) is 6.54 Å². The molecule has 2 aromatic heterocycles. The van der Waals surface area contributed by atoms with Gasteiger partial charge in [-0.15, -0.1) is 11.3 Å². The number of amides is 1. The van der Waals surface area contributed by atoms with E-state index in [0.29, 0.717) is 30.3 Å². The molecule has 3 N–H and O–H groups in total. The average molecular weight is 393 g/mol. The Morgan fingerprint density at radius 1 is 1.33 bits per heavy atom. The fourth-order valence-electron chi connectivity index (χ4n) is 2.76. The Labute approximate surface area is 162 Å². The maximum atomic E-state index is 13.1. The quantitative estimate of drug-likeness (QED) is 0.721. The molecule has 0 aliphatic rings. The molecule has 2 rings (SSSR count). The Kier molecular flexibility index (Phi) is 7.01. The number of H-pyrrole nitrogens is 1. The standard InChI is InChI=1S/C19H28N4O3S/c1-5-6-10-23-16(20)15(17(24)21-19(23)26)22(11-9-12(2)3)18(25)14-8-7-13(4)27-14/h7-8,12H,5-6,9-11,20H2,1-4H3,(H,21,24,26). The largest absolute Gasteiger partial charge is 0.383 e. The zero-order chi connectivity index (χ0) is 20.1. The highest BCUT2D eigenvalue weighted by atomic mass is 32.1. The lowest BCUT2D eigenvalue weighted by Crippen LogP contribution is -2.41. The summed E-state index contributed by atoms with van der Waals surface area (Å²) in [5, 5.41) is 0. The van der Waals surface area contributed by atoms with Crippen molar-refractivity contribution in [1.82, 2.24) is 9.55 Å². The molecule has 2 aromatic rings. The van der Waals surface area contributed by atoms with E-state index in [2.05, 4.69) is 4.98 Å². The van der Waals surface area contributed by atoms with Crippen LogP contribution in [0.15, 0.2) is 21.7 Å². The number of aryl methyl sites for hydroxylation is 1. The van der Waals surface area contributed by atoms with Gasteiger partial charge < -0.3 is 5.73 Å². The van der Waals surface area contributed by atoms with Crippen LogP contribution >= 0.6 is 11.3 Å². The molecule has 27 heavy (non-hydrogen) atoms. The lowest BCUT2D eigenvalue weighted by molar-refractivity contribution is 0.0989. The van der Waals surface area contributed by atoms with Crippen LogP contribution in [0, 0.1) is 12.8 Å². The molecule has 0 unspecified atom stereocenters. The van der Waals surface area contributed by atoms with Gasteiger partial charge in [0.1, 0.15) is 5.82 Å². The topological polar surface area (TPSA) is 101 Å². The summed E-state index contributed by atoms with van der Waals surface area (Å²) in [6.07, 6.45) is 2.34. The number of aromatic amines is 1. The highest BCUT2D eigenvalue weighted by Gasteiger charge is 2.26. The van der Waals surface area contributed by atoms with Crippen molar-refractivity contribution in [2.75, 3.05) is 17.2 Å². The number of rotatable bonds is 8. The first-order valence-corrected chi connectivity index (χ1v) is 10.1. The van der Waals surface area contributed by atoms with Crippen LogP contribution < -0.4 is 21.9 Å². The summed E-state index contributed by atoms with van der Waals surface area (Å²) < 4.78 is 1.34. The molecule has 0 aromatic carbocycles. The molecule has 8 heteroatoms. The number of nitrogens with two attached hydrogens (primary N) is 1. The van der Waals surface area contributed by atoms with E-state index in [1.165, 1.54) is 20.8 Å². The smallest absolute Gasteiger partial charge is 0.330 e. The molecule has 0 saturated carbocycles. The van der Waals surface area contributed by atoms with Gasteiger partial charge in [-0.05, 0) is 37.8 Å². The van der Waals surface area contributed by atoms with E-state index in [4.69, 9.17) is 5.73 Å². The molecule has 0 aliphatic carbocycles. The van der Waals surface area contributed by atoms with Gasteiger partial charge in [-0.1, -0.05) is 27.2 Å². The van der Waals surface area contributed by atoms with Gasteiger partial charge in [0.05, 0.1) is 4.88 Å². The third kappa shape index (κ3) is 4.88. The van der Waals surface area contributed by atoms with E-state index in [-0.39, 0.29) is 17.4 Å². The van der Waals surface area contributed by atoms with Gasteiger partial charge in [0, 0.05) is 18.0 Å². The van der Waals surface area contributed by atoms with Crippen LogP contribution in [0.3, 0.4) is 0 Å². The fraction of sp³-hybridized carbons (Fsp3) is 0.526. The van der Waals surface area contributed by atoms with Gasteiger partial charge in [0.25, 0.3) is 11.5 Å². The Morgan fingerprint density at radius 2 is 2.04 bits per heavy atom. The number of anilines is 2. The van der Waals surface area contributed by atoms with Crippen molar-refractivity contribution in [2.45, 2.75) is 53.5 Å². The molecule has 0 spiro atoms. The molecule has 1 amide bonds. The normalized spacial score (nSPS) is 11.1. The highest BCUT2D eigenvalue weighted by Crippen LogP contribution is 2.24. The van der Waals surface area contributed by atoms with Crippen LogP contribution in [0.2, 0.25) is 0 Å². The predicted molar refractivity (Wildman–Crippen MR) is 111 cm³/mol. The third-order valence-electron chi connectivity index (χ3n) is 4.35. The second kappa shape index (κ2) is 9.03. The van der Waals surface area contributed by atoms with E-state index in [1.54, 1.807) is 6.07 Å². The summed E-state index contributed by atoms with van der Waals surface area (Å²) in [6, 6.07) is 3.62. The van der Waals surface area contributed by atoms with Crippen LogP contribution in [0.4, 0.5) is 11.5 Å². The van der Waals surface area contributed by atoms with Gasteiger partial charge in [-0.25, -0.2) is 4.79 Å². The summed E-state index contributed by atoms with van der Waals surface area (Å²) in [7, 11) is 0. The van der Waals surface area contributed by atoms with Crippen molar-refractivity contribution in [3.05, 3.63) is 42.7 Å². The molecular weight excluding hydrogens is 364 g/mol. The molecule has 0 fully saturated rings. The number of carbonyl (C=O) groups is 1. The second-order valence-corrected chi connectivity index (χ2v) is 8.34. The van der Waals surface area contributed by atoms with Crippen molar-refractivity contribution in [3.8, 4) is 0 Å². The van der Waals surface area contributed by atoms with Gasteiger partial charge >= 0.3 is 5.69 Å². The van der Waals surface area contributed by atoms with Crippen LogP contribution in [0.5, 0.6) is 0 Å². The lowest BCUT2D eigenvalue weighted by atomic mass is 10.1. The molecule has 7 nitrogen and oxygen atoms in total. The van der Waals surface area contributed by atoms with Gasteiger partial charge in [-0.2, -0.15) is 0 Å². The van der Waals surface area contributed by atoms with E-state index in [1.807, 2.05) is 33.8 Å². The van der Waals surface area contributed by atoms with Crippen molar-refractivity contribution in [2.24, 2.45) is 5.92 Å². The maximum absolute atomic E-state index is 13.1. The number of thiophene rings is 1. The van der Waals surface area contributed by atoms with Crippen LogP contribution in [0.1, 0.15) is 54.6 Å². The van der Waals surface area contributed by atoms with Crippen molar-refractivity contribution in [1.29, 1.82) is 0 Å². The predicted octanol–water partition coefficient (Wildman–Crippen LogP) is 2.98. The minimum absolute atomic E-state index is 0.0441. The number of unbranched alkanes of at least 4 members (excludes halogenated alkanes) is 1. The first kappa shape index (κ1) is 21.0. The van der Waals surface area contributed by atoms with E-state index in [0.717, 1.165) is 17.7 Å². The minimum atomic E-state index is -0.629. The highest BCUT2D eigenvalue weighted by molar-refractivity contribution is 7.14. The molecular formula is C19H28N4O3S. The minimum Gasteiger partial charge on any atom is -0.383 e. The first-order chi connectivity index (χ1) is 12.8. The number of aromatic nitrogens is 2. The molecule has 0 atom stereocenters. The average Bonchev–Trinajstić information content (AvgIpc) is 3.03. The number of hydrogen-bond donors (Lipinski definition) is 2. The fourth-order valence-corrected chi connectivity index (χ4v) is 3.58. The molecule has 0 aliphatic heterocycles.